The van der Waals surface area contributed by atoms with Gasteiger partial charge in [0.2, 0.25) is 11.8 Å². The highest BCUT2D eigenvalue weighted by molar-refractivity contribution is 7.10. The van der Waals surface area contributed by atoms with Crippen molar-refractivity contribution in [3.8, 4) is 0 Å². The number of rotatable bonds is 6. The molecule has 0 aliphatic carbocycles. The third-order valence-electron chi connectivity index (χ3n) is 5.91. The van der Waals surface area contributed by atoms with E-state index >= 15 is 0 Å². The van der Waals surface area contributed by atoms with Gasteiger partial charge in [0.25, 0.3) is 0 Å². The molecule has 166 valence electrons. The van der Waals surface area contributed by atoms with Gasteiger partial charge >= 0.3 is 0 Å². The number of carbonyl (C=O) groups is 2. The van der Waals surface area contributed by atoms with Crippen LogP contribution in [0.2, 0.25) is 0 Å². The van der Waals surface area contributed by atoms with Gasteiger partial charge in [-0.15, -0.1) is 11.3 Å². The van der Waals surface area contributed by atoms with E-state index in [-0.39, 0.29) is 36.9 Å². The Morgan fingerprint density at radius 3 is 2.71 bits per heavy atom. The summed E-state index contributed by atoms with van der Waals surface area (Å²) in [5.74, 6) is -0.0608. The molecule has 2 unspecified atom stereocenters. The molecule has 1 saturated heterocycles. The summed E-state index contributed by atoms with van der Waals surface area (Å²) in [5.41, 5.74) is 3.16. The number of amides is 2. The summed E-state index contributed by atoms with van der Waals surface area (Å²) in [6.07, 6.45) is 1.77. The number of morpholine rings is 1. The van der Waals surface area contributed by atoms with Crippen LogP contribution in [0.4, 0.5) is 5.69 Å². The van der Waals surface area contributed by atoms with E-state index in [4.69, 9.17) is 4.74 Å². The number of hydrogen-bond donors (Lipinski definition) is 1. The number of hydrogen-bond acceptors (Lipinski definition) is 5. The topological polar surface area (TPSA) is 61.9 Å². The van der Waals surface area contributed by atoms with Gasteiger partial charge in [0.1, 0.15) is 0 Å². The van der Waals surface area contributed by atoms with Crippen molar-refractivity contribution in [1.82, 2.24) is 9.80 Å². The summed E-state index contributed by atoms with van der Waals surface area (Å²) in [7, 11) is 0. The van der Waals surface area contributed by atoms with E-state index in [9.17, 15) is 9.59 Å². The molecular weight excluding hydrogens is 410 g/mol. The van der Waals surface area contributed by atoms with Gasteiger partial charge in [-0.2, -0.15) is 0 Å². The summed E-state index contributed by atoms with van der Waals surface area (Å²) >= 11 is 1.76. The van der Waals surface area contributed by atoms with E-state index in [0.717, 1.165) is 43.9 Å². The van der Waals surface area contributed by atoms with Crippen LogP contribution in [0, 0.1) is 0 Å². The van der Waals surface area contributed by atoms with Crippen molar-refractivity contribution in [2.75, 3.05) is 25.0 Å². The number of ether oxygens (including phenoxy) is 1. The fourth-order valence-electron chi connectivity index (χ4n) is 4.49. The van der Waals surface area contributed by atoms with Crippen LogP contribution in [0.15, 0.2) is 35.7 Å². The number of anilines is 1. The molecule has 0 bridgehead atoms. The Bertz CT molecular complexity index is 918. The fraction of sp³-hybridized carbons (Fsp3) is 0.500. The van der Waals surface area contributed by atoms with Crippen LogP contribution in [0.1, 0.15) is 42.7 Å². The number of benzene rings is 1. The minimum atomic E-state index is -0.113. The van der Waals surface area contributed by atoms with Crippen LogP contribution in [-0.2, 0) is 33.8 Å². The molecule has 6 nitrogen and oxygen atoms in total. The first-order valence-electron chi connectivity index (χ1n) is 11.1. The second kappa shape index (κ2) is 9.94. The molecule has 7 heteroatoms. The molecular formula is C24H31N3O3S. The molecule has 31 heavy (non-hydrogen) atoms. The minimum absolute atomic E-state index is 0.0524. The van der Waals surface area contributed by atoms with Gasteiger partial charge in [-0.05, 0) is 48.9 Å². The molecule has 1 aromatic heterocycles. The summed E-state index contributed by atoms with van der Waals surface area (Å²) < 4.78 is 5.82. The Morgan fingerprint density at radius 1 is 1.13 bits per heavy atom. The van der Waals surface area contributed by atoms with Gasteiger partial charge in [0, 0.05) is 56.1 Å². The number of nitrogens with one attached hydrogen (secondary N) is 1. The van der Waals surface area contributed by atoms with Crippen molar-refractivity contribution in [1.29, 1.82) is 0 Å². The summed E-state index contributed by atoms with van der Waals surface area (Å²) in [4.78, 5) is 30.8. The molecule has 2 aliphatic rings. The molecule has 2 aliphatic heterocycles. The van der Waals surface area contributed by atoms with Crippen molar-refractivity contribution in [2.24, 2.45) is 0 Å². The van der Waals surface area contributed by atoms with Gasteiger partial charge in [0.15, 0.2) is 0 Å². The van der Waals surface area contributed by atoms with Gasteiger partial charge in [-0.25, -0.2) is 0 Å². The average Bonchev–Trinajstić information content (AvgIpc) is 3.20. The van der Waals surface area contributed by atoms with Gasteiger partial charge < -0.3 is 15.0 Å². The number of thiophene rings is 1. The summed E-state index contributed by atoms with van der Waals surface area (Å²) in [6, 6.07) is 10.0. The van der Waals surface area contributed by atoms with Crippen molar-refractivity contribution in [2.45, 2.75) is 58.4 Å². The SMILES string of the molecule is CC1CN(Cc2ccccc2NC(=O)CCC(=O)N2CCc3sccc3C2)CC(C)O1. The summed E-state index contributed by atoms with van der Waals surface area (Å²) in [5, 5.41) is 5.11. The van der Waals surface area contributed by atoms with Crippen molar-refractivity contribution in [3.63, 3.8) is 0 Å². The van der Waals surface area contributed by atoms with Gasteiger partial charge in [0.05, 0.1) is 12.2 Å². The second-order valence-corrected chi connectivity index (χ2v) is 9.59. The molecule has 0 spiro atoms. The molecule has 2 amide bonds. The smallest absolute Gasteiger partial charge is 0.224 e. The maximum atomic E-state index is 12.6. The van der Waals surface area contributed by atoms with Gasteiger partial charge in [-0.3, -0.25) is 14.5 Å². The van der Waals surface area contributed by atoms with E-state index in [1.165, 1.54) is 10.4 Å². The Hall–Kier alpha value is -2.22. The molecule has 2 aromatic rings. The Kier molecular flexibility index (Phi) is 7.05. The average molecular weight is 442 g/mol. The Labute approximate surface area is 188 Å². The third kappa shape index (κ3) is 5.73. The highest BCUT2D eigenvalue weighted by atomic mass is 32.1. The number of nitrogens with zero attached hydrogens (tertiary/aromatic N) is 2. The van der Waals surface area contributed by atoms with E-state index in [0.29, 0.717) is 6.54 Å². The van der Waals surface area contributed by atoms with Crippen molar-refractivity contribution in [3.05, 3.63) is 51.7 Å². The molecule has 1 fully saturated rings. The lowest BCUT2D eigenvalue weighted by Crippen LogP contribution is -2.44. The molecule has 0 radical (unpaired) electrons. The second-order valence-electron chi connectivity index (χ2n) is 8.59. The molecule has 2 atom stereocenters. The molecule has 3 heterocycles. The van der Waals surface area contributed by atoms with E-state index < -0.39 is 0 Å². The van der Waals surface area contributed by atoms with Crippen LogP contribution in [0.25, 0.3) is 0 Å². The first kappa shape index (κ1) is 22.0. The normalized spacial score (nSPS) is 21.5. The van der Waals surface area contributed by atoms with E-state index in [1.807, 2.05) is 23.1 Å². The zero-order chi connectivity index (χ0) is 21.8. The van der Waals surface area contributed by atoms with E-state index in [2.05, 4.69) is 41.6 Å². The van der Waals surface area contributed by atoms with Crippen LogP contribution in [0.5, 0.6) is 0 Å². The van der Waals surface area contributed by atoms with Crippen molar-refractivity contribution < 1.29 is 14.3 Å². The molecule has 0 saturated carbocycles. The fourth-order valence-corrected chi connectivity index (χ4v) is 5.38. The maximum absolute atomic E-state index is 12.6. The van der Waals surface area contributed by atoms with Crippen LogP contribution in [0.3, 0.4) is 0 Å². The van der Waals surface area contributed by atoms with Gasteiger partial charge in [-0.1, -0.05) is 18.2 Å². The zero-order valence-electron chi connectivity index (χ0n) is 18.3. The Balaban J connectivity index is 1.29. The zero-order valence-corrected chi connectivity index (χ0v) is 19.1. The minimum Gasteiger partial charge on any atom is -0.373 e. The highest BCUT2D eigenvalue weighted by Gasteiger charge is 2.24. The standard InChI is InChI=1S/C24H31N3O3S/c1-17-13-26(14-18(2)30-17)15-19-5-3-4-6-21(19)25-23(28)7-8-24(29)27-11-9-22-20(16-27)10-12-31-22/h3-6,10,12,17-18H,7-9,11,13-16H2,1-2H3,(H,25,28). The molecule has 1 N–H and O–H groups in total. The highest BCUT2D eigenvalue weighted by Crippen LogP contribution is 2.25. The van der Waals surface area contributed by atoms with E-state index in [1.54, 1.807) is 11.3 Å². The monoisotopic (exact) mass is 441 g/mol. The Morgan fingerprint density at radius 2 is 1.90 bits per heavy atom. The first-order chi connectivity index (χ1) is 15.0. The maximum Gasteiger partial charge on any atom is 0.224 e. The van der Waals surface area contributed by atoms with Crippen molar-refractivity contribution >= 4 is 28.8 Å². The quantitative estimate of drug-likeness (QED) is 0.743. The van der Waals surface area contributed by atoms with Crippen LogP contribution < -0.4 is 5.32 Å². The summed E-state index contributed by atoms with van der Waals surface area (Å²) in [6.45, 7) is 8.12. The predicted octanol–water partition coefficient (Wildman–Crippen LogP) is 3.66. The predicted molar refractivity (Wildman–Crippen MR) is 123 cm³/mol. The lowest BCUT2D eigenvalue weighted by atomic mass is 10.1. The lowest BCUT2D eigenvalue weighted by molar-refractivity contribution is -0.133. The number of carbonyl (C=O) groups excluding carboxylic acids is 2. The van der Waals surface area contributed by atoms with Crippen LogP contribution >= 0.6 is 11.3 Å². The number of para-hydroxylation sites is 1. The largest absolute Gasteiger partial charge is 0.373 e. The van der Waals surface area contributed by atoms with Crippen LogP contribution in [-0.4, -0.2) is 53.5 Å². The third-order valence-corrected chi connectivity index (χ3v) is 6.93. The molecule has 1 aromatic carbocycles. The first-order valence-corrected chi connectivity index (χ1v) is 11.9. The lowest BCUT2D eigenvalue weighted by Gasteiger charge is -2.35. The molecule has 4 rings (SSSR count). The number of fused-ring (bicyclic) bond motifs is 1.